The van der Waals surface area contributed by atoms with E-state index < -0.39 is 0 Å². The normalized spacial score (nSPS) is 23.0. The van der Waals surface area contributed by atoms with Crippen molar-refractivity contribution in [2.45, 2.75) is 44.2 Å². The summed E-state index contributed by atoms with van der Waals surface area (Å²) in [7, 11) is 1.62. The SMILES string of the molecule is COc1ccc(-c2nc(CCCn3cccn3)n(C34CC(C3)C4)n2)cc1Cl. The van der Waals surface area contributed by atoms with Gasteiger partial charge in [-0.1, -0.05) is 11.6 Å². The van der Waals surface area contributed by atoms with Crippen LogP contribution in [0.3, 0.4) is 0 Å². The first-order valence-electron chi connectivity index (χ1n) is 9.45. The van der Waals surface area contributed by atoms with E-state index in [1.54, 1.807) is 7.11 Å². The number of hydrogen-bond donors (Lipinski definition) is 0. The molecule has 2 aromatic heterocycles. The van der Waals surface area contributed by atoms with E-state index in [1.807, 2.05) is 41.3 Å². The summed E-state index contributed by atoms with van der Waals surface area (Å²) in [6.07, 6.45) is 9.42. The molecule has 7 heteroatoms. The van der Waals surface area contributed by atoms with Crippen LogP contribution in [-0.4, -0.2) is 31.7 Å². The van der Waals surface area contributed by atoms with Crippen LogP contribution >= 0.6 is 11.6 Å². The first-order chi connectivity index (χ1) is 13.2. The van der Waals surface area contributed by atoms with Gasteiger partial charge in [0, 0.05) is 30.9 Å². The molecule has 140 valence electrons. The molecule has 2 bridgehead atoms. The average Bonchev–Trinajstić information content (AvgIpc) is 3.23. The van der Waals surface area contributed by atoms with E-state index in [9.17, 15) is 0 Å². The summed E-state index contributed by atoms with van der Waals surface area (Å²) in [6.45, 7) is 0.888. The maximum Gasteiger partial charge on any atom is 0.181 e. The fraction of sp³-hybridized carbons (Fsp3) is 0.450. The number of benzene rings is 1. The molecule has 27 heavy (non-hydrogen) atoms. The minimum Gasteiger partial charge on any atom is -0.495 e. The van der Waals surface area contributed by atoms with Gasteiger partial charge < -0.3 is 4.74 Å². The lowest BCUT2D eigenvalue weighted by molar-refractivity contribution is -0.0998. The summed E-state index contributed by atoms with van der Waals surface area (Å²) in [5.41, 5.74) is 1.15. The number of halogens is 1. The quantitative estimate of drug-likeness (QED) is 0.620. The monoisotopic (exact) mass is 383 g/mol. The molecule has 0 amide bonds. The first-order valence-corrected chi connectivity index (χ1v) is 9.82. The lowest BCUT2D eigenvalue weighted by Gasteiger charge is -2.61. The van der Waals surface area contributed by atoms with Crippen LogP contribution in [0.5, 0.6) is 5.75 Å². The van der Waals surface area contributed by atoms with E-state index in [1.165, 1.54) is 19.3 Å². The highest BCUT2D eigenvalue weighted by Crippen LogP contribution is 2.62. The zero-order valence-corrected chi connectivity index (χ0v) is 16.1. The Balaban J connectivity index is 1.42. The maximum absolute atomic E-state index is 6.31. The Morgan fingerprint density at radius 1 is 1.30 bits per heavy atom. The number of nitrogens with zero attached hydrogens (tertiary/aromatic N) is 5. The van der Waals surface area contributed by atoms with Crippen molar-refractivity contribution >= 4 is 11.6 Å². The smallest absolute Gasteiger partial charge is 0.181 e. The maximum atomic E-state index is 6.31. The molecule has 1 aromatic carbocycles. The van der Waals surface area contributed by atoms with Crippen molar-refractivity contribution in [1.82, 2.24) is 24.5 Å². The van der Waals surface area contributed by atoms with Crippen LogP contribution in [0.2, 0.25) is 5.02 Å². The molecule has 0 saturated heterocycles. The van der Waals surface area contributed by atoms with Gasteiger partial charge in [-0.25, -0.2) is 9.67 Å². The number of aromatic nitrogens is 5. The fourth-order valence-electron chi connectivity index (χ4n) is 4.34. The van der Waals surface area contributed by atoms with Crippen molar-refractivity contribution < 1.29 is 4.74 Å². The molecule has 0 spiro atoms. The van der Waals surface area contributed by atoms with Gasteiger partial charge in [0.1, 0.15) is 11.6 Å². The molecule has 0 atom stereocenters. The van der Waals surface area contributed by atoms with Crippen molar-refractivity contribution in [2.75, 3.05) is 7.11 Å². The highest BCUT2D eigenvalue weighted by molar-refractivity contribution is 6.32. The third-order valence-corrected chi connectivity index (χ3v) is 6.18. The van der Waals surface area contributed by atoms with Gasteiger partial charge in [0.15, 0.2) is 5.82 Å². The van der Waals surface area contributed by atoms with Gasteiger partial charge in [-0.3, -0.25) is 4.68 Å². The second-order valence-electron chi connectivity index (χ2n) is 7.69. The molecule has 0 radical (unpaired) electrons. The molecule has 3 aliphatic rings. The molecule has 0 N–H and O–H groups in total. The summed E-state index contributed by atoms with van der Waals surface area (Å²) in [4.78, 5) is 4.89. The second-order valence-corrected chi connectivity index (χ2v) is 8.10. The number of hydrogen-bond acceptors (Lipinski definition) is 4. The van der Waals surface area contributed by atoms with Crippen LogP contribution < -0.4 is 4.74 Å². The lowest BCUT2D eigenvalue weighted by Crippen LogP contribution is -2.60. The van der Waals surface area contributed by atoms with Crippen molar-refractivity contribution in [3.05, 3.63) is 47.5 Å². The van der Waals surface area contributed by atoms with E-state index in [-0.39, 0.29) is 5.54 Å². The molecular formula is C20H22ClN5O. The zero-order chi connectivity index (χ0) is 18.4. The minimum atomic E-state index is 0.215. The number of aryl methyl sites for hydroxylation is 2. The van der Waals surface area contributed by atoms with Crippen LogP contribution in [-0.2, 0) is 18.5 Å². The van der Waals surface area contributed by atoms with Gasteiger partial charge in [-0.2, -0.15) is 10.2 Å². The Hall–Kier alpha value is -2.34. The molecule has 3 aliphatic carbocycles. The van der Waals surface area contributed by atoms with E-state index in [0.29, 0.717) is 10.8 Å². The molecule has 6 nitrogen and oxygen atoms in total. The van der Waals surface area contributed by atoms with Crippen LogP contribution in [0.1, 0.15) is 31.5 Å². The molecule has 0 unspecified atom stereocenters. The Morgan fingerprint density at radius 3 is 2.78 bits per heavy atom. The van der Waals surface area contributed by atoms with Gasteiger partial charge >= 0.3 is 0 Å². The van der Waals surface area contributed by atoms with Gasteiger partial charge in [0.2, 0.25) is 0 Å². The average molecular weight is 384 g/mol. The number of rotatable bonds is 7. The van der Waals surface area contributed by atoms with E-state index >= 15 is 0 Å². The van der Waals surface area contributed by atoms with Crippen LogP contribution in [0, 0.1) is 5.92 Å². The molecule has 2 heterocycles. The fourth-order valence-corrected chi connectivity index (χ4v) is 4.60. The van der Waals surface area contributed by atoms with E-state index in [0.717, 1.165) is 42.5 Å². The third kappa shape index (κ3) is 2.83. The molecular weight excluding hydrogens is 362 g/mol. The van der Waals surface area contributed by atoms with Crippen LogP contribution in [0.25, 0.3) is 11.4 Å². The highest BCUT2D eigenvalue weighted by atomic mass is 35.5. The summed E-state index contributed by atoms with van der Waals surface area (Å²) in [5, 5.41) is 9.77. The summed E-state index contributed by atoms with van der Waals surface area (Å²) >= 11 is 6.31. The third-order valence-electron chi connectivity index (χ3n) is 5.89. The molecule has 0 aliphatic heterocycles. The molecule has 3 saturated carbocycles. The predicted octanol–water partition coefficient (Wildman–Crippen LogP) is 3.95. The topological polar surface area (TPSA) is 57.8 Å². The van der Waals surface area contributed by atoms with Crippen LogP contribution in [0.15, 0.2) is 36.7 Å². The van der Waals surface area contributed by atoms with Crippen molar-refractivity contribution in [1.29, 1.82) is 0 Å². The Morgan fingerprint density at radius 2 is 2.15 bits per heavy atom. The van der Waals surface area contributed by atoms with Crippen molar-refractivity contribution in [2.24, 2.45) is 5.92 Å². The second kappa shape index (κ2) is 6.37. The number of ether oxygens (including phenoxy) is 1. The van der Waals surface area contributed by atoms with Crippen molar-refractivity contribution in [3.63, 3.8) is 0 Å². The number of methoxy groups -OCH3 is 1. The highest BCUT2D eigenvalue weighted by Gasteiger charge is 2.59. The van der Waals surface area contributed by atoms with Crippen LogP contribution in [0.4, 0.5) is 0 Å². The molecule has 3 fully saturated rings. The molecule has 6 rings (SSSR count). The first kappa shape index (κ1) is 16.8. The van der Waals surface area contributed by atoms with Crippen molar-refractivity contribution in [3.8, 4) is 17.1 Å². The van der Waals surface area contributed by atoms with E-state index in [2.05, 4.69) is 9.78 Å². The molecule has 3 aromatic rings. The summed E-state index contributed by atoms with van der Waals surface area (Å²) in [6, 6.07) is 7.68. The summed E-state index contributed by atoms with van der Waals surface area (Å²) < 4.78 is 9.43. The Labute approximate surface area is 163 Å². The Bertz CT molecular complexity index is 948. The van der Waals surface area contributed by atoms with Gasteiger partial charge in [-0.05, 0) is 55.9 Å². The van der Waals surface area contributed by atoms with Gasteiger partial charge in [-0.15, -0.1) is 0 Å². The minimum absolute atomic E-state index is 0.215. The van der Waals surface area contributed by atoms with Gasteiger partial charge in [0.05, 0.1) is 17.7 Å². The lowest BCUT2D eigenvalue weighted by atomic mass is 9.50. The van der Waals surface area contributed by atoms with E-state index in [4.69, 9.17) is 26.4 Å². The standard InChI is InChI=1S/C20H22ClN5O/c1-27-17-6-5-15(10-16(17)21)19-23-18(4-2-8-25-9-3-7-22-25)26(24-19)20-11-14(12-20)13-20/h3,5-7,9-10,14H,2,4,8,11-13H2,1H3. The summed E-state index contributed by atoms with van der Waals surface area (Å²) in [5.74, 6) is 3.38. The van der Waals surface area contributed by atoms with Gasteiger partial charge in [0.25, 0.3) is 0 Å². The predicted molar refractivity (Wildman–Crippen MR) is 103 cm³/mol. The largest absolute Gasteiger partial charge is 0.495 e. The zero-order valence-electron chi connectivity index (χ0n) is 15.3. The Kier molecular flexibility index (Phi) is 3.97.